The van der Waals surface area contributed by atoms with Crippen LogP contribution < -0.4 is 14.8 Å². The molecule has 2 aromatic rings. The molecular weight excluding hydrogens is 306 g/mol. The van der Waals surface area contributed by atoms with Crippen molar-refractivity contribution in [1.82, 2.24) is 5.32 Å². The smallest absolute Gasteiger partial charge is 0.165 e. The average Bonchev–Trinajstić information content (AvgIpc) is 2.62. The lowest BCUT2D eigenvalue weighted by Crippen LogP contribution is -2.17. The van der Waals surface area contributed by atoms with Crippen LogP contribution in [-0.2, 0) is 11.2 Å². The van der Waals surface area contributed by atoms with Gasteiger partial charge in [-0.1, -0.05) is 18.2 Å². The highest BCUT2D eigenvalue weighted by atomic mass is 16.5. The number of aldehydes is 1. The van der Waals surface area contributed by atoms with Gasteiger partial charge in [0, 0.05) is 6.54 Å². The first-order chi connectivity index (χ1) is 11.7. The Kier molecular flexibility index (Phi) is 6.25. The zero-order valence-corrected chi connectivity index (χ0v) is 13.8. The molecule has 0 aliphatic carbocycles. The number of methoxy groups -OCH3 is 2. The fourth-order valence-corrected chi connectivity index (χ4v) is 2.26. The molecule has 0 fully saturated rings. The lowest BCUT2D eigenvalue weighted by atomic mass is 10.1. The molecule has 0 atom stereocenters. The van der Waals surface area contributed by atoms with E-state index < -0.39 is 0 Å². The van der Waals surface area contributed by atoms with E-state index in [0.717, 1.165) is 23.8 Å². The molecule has 0 aliphatic heterocycles. The molecule has 0 spiro atoms. The predicted molar refractivity (Wildman–Crippen MR) is 93.4 cm³/mol. The van der Waals surface area contributed by atoms with Gasteiger partial charge in [0.05, 0.1) is 19.9 Å². The summed E-state index contributed by atoms with van der Waals surface area (Å²) in [4.78, 5) is 11.3. The maximum absolute atomic E-state index is 11.3. The highest BCUT2D eigenvalue weighted by Gasteiger charge is 2.04. The molecule has 0 radical (unpaired) electrons. The molecule has 0 bridgehead atoms. The first-order valence-electron chi connectivity index (χ1n) is 7.57. The minimum Gasteiger partial charge on any atom is -0.508 e. The molecule has 0 saturated heterocycles. The number of carbonyl (C=O) groups excluding carboxylic acids is 1. The molecule has 0 unspecified atom stereocenters. The van der Waals surface area contributed by atoms with Crippen molar-refractivity contribution in [3.05, 3.63) is 59.3 Å². The number of hydrogen-bond donors (Lipinski definition) is 2. The third-order valence-electron chi connectivity index (χ3n) is 3.54. The van der Waals surface area contributed by atoms with Gasteiger partial charge < -0.3 is 19.9 Å². The van der Waals surface area contributed by atoms with E-state index in [2.05, 4.69) is 5.32 Å². The molecule has 2 aromatic carbocycles. The van der Waals surface area contributed by atoms with Crippen molar-refractivity contribution in [2.45, 2.75) is 6.42 Å². The molecular formula is C19H21NO4. The van der Waals surface area contributed by atoms with Crippen molar-refractivity contribution in [2.24, 2.45) is 0 Å². The summed E-state index contributed by atoms with van der Waals surface area (Å²) in [6.45, 7) is 0.614. The number of benzene rings is 2. The summed E-state index contributed by atoms with van der Waals surface area (Å²) < 4.78 is 10.5. The van der Waals surface area contributed by atoms with Crippen LogP contribution >= 0.6 is 0 Å². The van der Waals surface area contributed by atoms with Crippen LogP contribution in [0.5, 0.6) is 17.2 Å². The Hall–Kier alpha value is -2.95. The summed E-state index contributed by atoms with van der Waals surface area (Å²) in [5.74, 6) is 1.50. The molecule has 2 rings (SSSR count). The zero-order valence-electron chi connectivity index (χ0n) is 13.8. The highest BCUT2D eigenvalue weighted by molar-refractivity contribution is 5.81. The maximum Gasteiger partial charge on any atom is 0.165 e. The number of hydrogen-bond acceptors (Lipinski definition) is 5. The van der Waals surface area contributed by atoms with Crippen LogP contribution in [0.3, 0.4) is 0 Å². The molecule has 126 valence electrons. The monoisotopic (exact) mass is 327 g/mol. The molecule has 0 saturated carbocycles. The lowest BCUT2D eigenvalue weighted by Gasteiger charge is -2.09. The number of allylic oxidation sites excluding steroid dienone is 1. The molecule has 5 nitrogen and oxygen atoms in total. The first-order valence-corrected chi connectivity index (χ1v) is 7.57. The van der Waals surface area contributed by atoms with E-state index in [1.807, 2.05) is 24.3 Å². The minimum absolute atomic E-state index is 0.244. The van der Waals surface area contributed by atoms with Gasteiger partial charge in [-0.3, -0.25) is 4.79 Å². The Morgan fingerprint density at radius 1 is 1.08 bits per heavy atom. The Morgan fingerprint density at radius 2 is 1.79 bits per heavy atom. The molecule has 0 heterocycles. The molecule has 2 N–H and O–H groups in total. The highest BCUT2D eigenvalue weighted by Crippen LogP contribution is 2.28. The third-order valence-corrected chi connectivity index (χ3v) is 3.54. The largest absolute Gasteiger partial charge is 0.508 e. The van der Waals surface area contributed by atoms with Gasteiger partial charge in [-0.2, -0.15) is 0 Å². The summed E-state index contributed by atoms with van der Waals surface area (Å²) in [6, 6.07) is 12.5. The van der Waals surface area contributed by atoms with Crippen LogP contribution in [0.1, 0.15) is 11.1 Å². The topological polar surface area (TPSA) is 67.8 Å². The van der Waals surface area contributed by atoms with E-state index in [0.29, 0.717) is 23.7 Å². The number of carbonyl (C=O) groups is 1. The fourth-order valence-electron chi connectivity index (χ4n) is 2.26. The van der Waals surface area contributed by atoms with Crippen LogP contribution in [0.25, 0.3) is 6.08 Å². The van der Waals surface area contributed by atoms with Crippen molar-refractivity contribution in [3.63, 3.8) is 0 Å². The van der Waals surface area contributed by atoms with E-state index in [1.54, 1.807) is 38.5 Å². The van der Waals surface area contributed by atoms with Crippen molar-refractivity contribution in [3.8, 4) is 17.2 Å². The number of nitrogens with one attached hydrogen (secondary N) is 1. The standard InChI is InChI=1S/C19H21NO4/c1-23-18-8-5-15(12-19(18)24-2)11-16(13-21)20-10-9-14-3-6-17(22)7-4-14/h3-8,11-13,20,22H,9-10H2,1-2H3/b16-11+. The summed E-state index contributed by atoms with van der Waals surface area (Å²) in [7, 11) is 3.15. The summed E-state index contributed by atoms with van der Waals surface area (Å²) in [6.07, 6.45) is 3.29. The fraction of sp³-hybridized carbons (Fsp3) is 0.211. The van der Waals surface area contributed by atoms with Crippen molar-refractivity contribution in [1.29, 1.82) is 0 Å². The lowest BCUT2D eigenvalue weighted by molar-refractivity contribution is -0.105. The van der Waals surface area contributed by atoms with Gasteiger partial charge in [0.1, 0.15) is 5.75 Å². The Labute approximate surface area is 141 Å². The number of phenolic OH excluding ortho intramolecular Hbond substituents is 1. The van der Waals surface area contributed by atoms with Gasteiger partial charge in [0.15, 0.2) is 17.8 Å². The Balaban J connectivity index is 2.01. The Morgan fingerprint density at radius 3 is 2.42 bits per heavy atom. The average molecular weight is 327 g/mol. The quantitative estimate of drug-likeness (QED) is 0.576. The summed E-state index contributed by atoms with van der Waals surface area (Å²) in [5, 5.41) is 12.4. The predicted octanol–water partition coefficient (Wildman–Crippen LogP) is 2.78. The molecule has 5 heteroatoms. The van der Waals surface area contributed by atoms with Gasteiger partial charge in [0.25, 0.3) is 0 Å². The molecule has 0 aliphatic rings. The van der Waals surface area contributed by atoms with Gasteiger partial charge in [-0.25, -0.2) is 0 Å². The van der Waals surface area contributed by atoms with E-state index in [4.69, 9.17) is 9.47 Å². The van der Waals surface area contributed by atoms with Crippen LogP contribution in [0.2, 0.25) is 0 Å². The third kappa shape index (κ3) is 4.78. The van der Waals surface area contributed by atoms with Crippen LogP contribution in [-0.4, -0.2) is 32.2 Å². The van der Waals surface area contributed by atoms with Gasteiger partial charge >= 0.3 is 0 Å². The molecule has 0 aromatic heterocycles. The van der Waals surface area contributed by atoms with Crippen LogP contribution in [0.4, 0.5) is 0 Å². The minimum atomic E-state index is 0.244. The van der Waals surface area contributed by atoms with Gasteiger partial charge in [-0.05, 0) is 47.9 Å². The van der Waals surface area contributed by atoms with E-state index in [9.17, 15) is 9.90 Å². The normalized spacial score (nSPS) is 11.0. The van der Waals surface area contributed by atoms with E-state index in [-0.39, 0.29) is 5.75 Å². The number of rotatable bonds is 8. The van der Waals surface area contributed by atoms with E-state index in [1.165, 1.54) is 0 Å². The maximum atomic E-state index is 11.3. The molecule has 24 heavy (non-hydrogen) atoms. The second-order valence-electron chi connectivity index (χ2n) is 5.18. The van der Waals surface area contributed by atoms with Crippen LogP contribution in [0.15, 0.2) is 48.2 Å². The van der Waals surface area contributed by atoms with E-state index >= 15 is 0 Å². The molecule has 0 amide bonds. The summed E-state index contributed by atoms with van der Waals surface area (Å²) in [5.41, 5.74) is 2.41. The van der Waals surface area contributed by atoms with Gasteiger partial charge in [0.2, 0.25) is 0 Å². The second-order valence-corrected chi connectivity index (χ2v) is 5.18. The number of aromatic hydroxyl groups is 1. The number of ether oxygens (including phenoxy) is 2. The Bertz CT molecular complexity index is 708. The second kappa shape index (κ2) is 8.62. The van der Waals surface area contributed by atoms with Crippen molar-refractivity contribution in [2.75, 3.05) is 20.8 Å². The number of phenols is 1. The summed E-state index contributed by atoms with van der Waals surface area (Å²) >= 11 is 0. The zero-order chi connectivity index (χ0) is 17.4. The first kappa shape index (κ1) is 17.4. The van der Waals surface area contributed by atoms with Crippen molar-refractivity contribution < 1.29 is 19.4 Å². The van der Waals surface area contributed by atoms with Crippen molar-refractivity contribution >= 4 is 12.4 Å². The van der Waals surface area contributed by atoms with Gasteiger partial charge in [-0.15, -0.1) is 0 Å². The van der Waals surface area contributed by atoms with Crippen LogP contribution in [0, 0.1) is 0 Å². The SMILES string of the molecule is COc1ccc(/C=C(\C=O)NCCc2ccc(O)cc2)cc1OC.